The summed E-state index contributed by atoms with van der Waals surface area (Å²) in [5.74, 6) is -0.293. The van der Waals surface area contributed by atoms with E-state index < -0.39 is 5.82 Å². The minimum Gasteiger partial charge on any atom is -0.494 e. The Kier molecular flexibility index (Phi) is 5.17. The third-order valence-corrected chi connectivity index (χ3v) is 4.18. The van der Waals surface area contributed by atoms with E-state index in [1.165, 1.54) is 19.2 Å². The molecule has 1 aromatic rings. The van der Waals surface area contributed by atoms with Gasteiger partial charge in [-0.2, -0.15) is 0 Å². The highest BCUT2D eigenvalue weighted by atomic mass is 19.1. The number of anilines is 1. The monoisotopic (exact) mass is 294 g/mol. The maximum Gasteiger partial charge on any atom is 0.230 e. The predicted molar refractivity (Wildman–Crippen MR) is 81.0 cm³/mol. The van der Waals surface area contributed by atoms with E-state index in [4.69, 9.17) is 4.74 Å². The van der Waals surface area contributed by atoms with Gasteiger partial charge >= 0.3 is 0 Å². The molecule has 21 heavy (non-hydrogen) atoms. The van der Waals surface area contributed by atoms with Crippen molar-refractivity contribution in [1.29, 1.82) is 0 Å². The summed E-state index contributed by atoms with van der Waals surface area (Å²) in [6, 6.07) is 4.50. The van der Waals surface area contributed by atoms with Gasteiger partial charge in [0.2, 0.25) is 5.91 Å². The Morgan fingerprint density at radius 3 is 2.71 bits per heavy atom. The standard InChI is InChI=1S/C16H23FN2O2/c1-3-6-16(7-9-18-10-8-16)15(20)19-12-4-5-14(21-2)13(17)11-12/h4-5,11,18H,3,6-10H2,1-2H3,(H,19,20). The molecule has 1 aromatic carbocycles. The van der Waals surface area contributed by atoms with Crippen LogP contribution in [0.1, 0.15) is 32.6 Å². The van der Waals surface area contributed by atoms with Crippen LogP contribution in [-0.4, -0.2) is 26.1 Å². The van der Waals surface area contributed by atoms with Crippen molar-refractivity contribution in [2.45, 2.75) is 32.6 Å². The molecule has 0 bridgehead atoms. The largest absolute Gasteiger partial charge is 0.494 e. The first-order valence-electron chi connectivity index (χ1n) is 7.47. The second-order valence-corrected chi connectivity index (χ2v) is 5.58. The molecular formula is C16H23FN2O2. The van der Waals surface area contributed by atoms with Crippen molar-refractivity contribution < 1.29 is 13.9 Å². The van der Waals surface area contributed by atoms with Gasteiger partial charge in [-0.1, -0.05) is 13.3 Å². The van der Waals surface area contributed by atoms with Crippen LogP contribution in [0.25, 0.3) is 0 Å². The van der Waals surface area contributed by atoms with Crippen LogP contribution in [0.15, 0.2) is 18.2 Å². The van der Waals surface area contributed by atoms with Crippen LogP contribution in [0, 0.1) is 11.2 Å². The quantitative estimate of drug-likeness (QED) is 0.878. The van der Waals surface area contributed by atoms with Gasteiger partial charge in [0.1, 0.15) is 0 Å². The van der Waals surface area contributed by atoms with Crippen LogP contribution in [0.3, 0.4) is 0 Å². The highest BCUT2D eigenvalue weighted by Crippen LogP contribution is 2.35. The fraction of sp³-hybridized carbons (Fsp3) is 0.562. The number of carbonyl (C=O) groups is 1. The van der Waals surface area contributed by atoms with E-state index in [1.807, 2.05) is 0 Å². The second kappa shape index (κ2) is 6.89. The minimum absolute atomic E-state index is 0.00424. The summed E-state index contributed by atoms with van der Waals surface area (Å²) in [7, 11) is 1.42. The summed E-state index contributed by atoms with van der Waals surface area (Å²) in [6.07, 6.45) is 3.47. The lowest BCUT2D eigenvalue weighted by Crippen LogP contribution is -2.44. The molecule has 0 aliphatic carbocycles. The van der Waals surface area contributed by atoms with Gasteiger partial charge in [-0.05, 0) is 44.5 Å². The first-order chi connectivity index (χ1) is 10.1. The Morgan fingerprint density at radius 2 is 2.14 bits per heavy atom. The summed E-state index contributed by atoms with van der Waals surface area (Å²) in [4.78, 5) is 12.7. The average molecular weight is 294 g/mol. The summed E-state index contributed by atoms with van der Waals surface area (Å²) in [6.45, 7) is 3.79. The number of hydrogen-bond donors (Lipinski definition) is 2. The smallest absolute Gasteiger partial charge is 0.230 e. The lowest BCUT2D eigenvalue weighted by Gasteiger charge is -2.36. The first kappa shape index (κ1) is 15.8. The van der Waals surface area contributed by atoms with Crippen molar-refractivity contribution in [1.82, 2.24) is 5.32 Å². The number of piperidine rings is 1. The highest BCUT2D eigenvalue weighted by molar-refractivity contribution is 5.95. The van der Waals surface area contributed by atoms with Crippen LogP contribution in [0.5, 0.6) is 5.75 Å². The van der Waals surface area contributed by atoms with E-state index >= 15 is 0 Å². The SMILES string of the molecule is CCCC1(C(=O)Nc2ccc(OC)c(F)c2)CCNCC1. The van der Waals surface area contributed by atoms with Gasteiger partial charge in [-0.3, -0.25) is 4.79 Å². The van der Waals surface area contributed by atoms with E-state index in [-0.39, 0.29) is 17.1 Å². The van der Waals surface area contributed by atoms with E-state index in [0.29, 0.717) is 5.69 Å². The number of ether oxygens (including phenoxy) is 1. The van der Waals surface area contributed by atoms with Crippen molar-refractivity contribution in [3.63, 3.8) is 0 Å². The molecule has 116 valence electrons. The molecule has 1 fully saturated rings. The number of amides is 1. The molecule has 1 heterocycles. The molecule has 0 unspecified atom stereocenters. The Bertz CT molecular complexity index is 494. The molecule has 4 nitrogen and oxygen atoms in total. The fourth-order valence-electron chi connectivity index (χ4n) is 2.98. The van der Waals surface area contributed by atoms with E-state index in [9.17, 15) is 9.18 Å². The number of halogens is 1. The van der Waals surface area contributed by atoms with Gasteiger partial charge < -0.3 is 15.4 Å². The molecule has 5 heteroatoms. The second-order valence-electron chi connectivity index (χ2n) is 5.58. The van der Waals surface area contributed by atoms with Crippen LogP contribution in [-0.2, 0) is 4.79 Å². The number of methoxy groups -OCH3 is 1. The number of hydrogen-bond acceptors (Lipinski definition) is 3. The van der Waals surface area contributed by atoms with E-state index in [1.54, 1.807) is 6.07 Å². The van der Waals surface area contributed by atoms with Crippen molar-refractivity contribution in [3.05, 3.63) is 24.0 Å². The normalized spacial score (nSPS) is 17.3. The minimum atomic E-state index is -0.467. The number of rotatable bonds is 5. The molecule has 0 radical (unpaired) electrons. The zero-order valence-corrected chi connectivity index (χ0v) is 12.7. The molecule has 0 saturated carbocycles. The zero-order chi connectivity index (χ0) is 15.3. The van der Waals surface area contributed by atoms with Crippen LogP contribution in [0.2, 0.25) is 0 Å². The fourth-order valence-corrected chi connectivity index (χ4v) is 2.98. The van der Waals surface area contributed by atoms with Gasteiger partial charge in [0.05, 0.1) is 12.5 Å². The Hall–Kier alpha value is -1.62. The molecule has 1 aliphatic heterocycles. The van der Waals surface area contributed by atoms with Crippen LogP contribution < -0.4 is 15.4 Å². The predicted octanol–water partition coefficient (Wildman–Crippen LogP) is 2.94. The lowest BCUT2D eigenvalue weighted by molar-refractivity contribution is -0.127. The third kappa shape index (κ3) is 3.53. The average Bonchev–Trinajstić information content (AvgIpc) is 2.48. The van der Waals surface area contributed by atoms with Gasteiger partial charge in [0.15, 0.2) is 11.6 Å². The molecule has 1 saturated heterocycles. The molecule has 0 atom stereocenters. The summed E-state index contributed by atoms with van der Waals surface area (Å²) >= 11 is 0. The molecule has 1 aliphatic rings. The summed E-state index contributed by atoms with van der Waals surface area (Å²) in [5, 5.41) is 6.15. The van der Waals surface area contributed by atoms with Gasteiger partial charge in [0.25, 0.3) is 0 Å². The summed E-state index contributed by atoms with van der Waals surface area (Å²) < 4.78 is 18.6. The topological polar surface area (TPSA) is 50.4 Å². The third-order valence-electron chi connectivity index (χ3n) is 4.18. The summed E-state index contributed by atoms with van der Waals surface area (Å²) in [5.41, 5.74) is 0.142. The Morgan fingerprint density at radius 1 is 1.43 bits per heavy atom. The number of nitrogens with one attached hydrogen (secondary N) is 2. The number of benzene rings is 1. The van der Waals surface area contributed by atoms with Crippen molar-refractivity contribution in [2.75, 3.05) is 25.5 Å². The number of carbonyl (C=O) groups excluding carboxylic acids is 1. The molecule has 2 rings (SSSR count). The van der Waals surface area contributed by atoms with Crippen LogP contribution >= 0.6 is 0 Å². The Labute approximate surface area is 125 Å². The maximum atomic E-state index is 13.7. The Balaban J connectivity index is 2.13. The van der Waals surface area contributed by atoms with Gasteiger partial charge in [-0.15, -0.1) is 0 Å². The molecule has 1 amide bonds. The van der Waals surface area contributed by atoms with Crippen molar-refractivity contribution in [3.8, 4) is 5.75 Å². The van der Waals surface area contributed by atoms with Gasteiger partial charge in [0, 0.05) is 11.8 Å². The first-order valence-corrected chi connectivity index (χ1v) is 7.47. The molecule has 0 spiro atoms. The van der Waals surface area contributed by atoms with Crippen molar-refractivity contribution in [2.24, 2.45) is 5.41 Å². The van der Waals surface area contributed by atoms with Crippen LogP contribution in [0.4, 0.5) is 10.1 Å². The molecular weight excluding hydrogens is 271 g/mol. The lowest BCUT2D eigenvalue weighted by atomic mass is 9.74. The molecule has 2 N–H and O–H groups in total. The maximum absolute atomic E-state index is 13.7. The van der Waals surface area contributed by atoms with Crippen molar-refractivity contribution >= 4 is 11.6 Å². The zero-order valence-electron chi connectivity index (χ0n) is 12.7. The van der Waals surface area contributed by atoms with E-state index in [0.717, 1.165) is 38.8 Å². The van der Waals surface area contributed by atoms with Gasteiger partial charge in [-0.25, -0.2) is 4.39 Å². The molecule has 0 aromatic heterocycles. The highest BCUT2D eigenvalue weighted by Gasteiger charge is 2.38. The van der Waals surface area contributed by atoms with E-state index in [2.05, 4.69) is 17.6 Å².